The Bertz CT molecular complexity index is 907. The third-order valence-electron chi connectivity index (χ3n) is 3.28. The van der Waals surface area contributed by atoms with Gasteiger partial charge in [0.15, 0.2) is 5.52 Å². The third-order valence-corrected chi connectivity index (χ3v) is 3.28. The zero-order chi connectivity index (χ0) is 16.1. The number of fused-ring (bicyclic) bond motifs is 2. The van der Waals surface area contributed by atoms with Crippen LogP contribution >= 0.6 is 0 Å². The van der Waals surface area contributed by atoms with Gasteiger partial charge in [0.05, 0.1) is 5.52 Å². The van der Waals surface area contributed by atoms with E-state index in [0.29, 0.717) is 5.52 Å². The van der Waals surface area contributed by atoms with Crippen molar-refractivity contribution < 1.29 is 4.92 Å². The number of hydrogen-bond acceptors (Lipinski definition) is 5. The molecule has 24 heavy (non-hydrogen) atoms. The van der Waals surface area contributed by atoms with Gasteiger partial charge in [-0.3, -0.25) is 4.98 Å². The minimum atomic E-state index is -0.494. The second-order valence-electron chi connectivity index (χ2n) is 4.82. The van der Waals surface area contributed by atoms with E-state index in [9.17, 15) is 10.1 Å². The van der Waals surface area contributed by atoms with Gasteiger partial charge >= 0.3 is 5.82 Å². The molecule has 2 aromatic carbocycles. The smallest absolute Gasteiger partial charge is 0.358 e. The van der Waals surface area contributed by atoms with Gasteiger partial charge in [-0.25, -0.2) is 0 Å². The number of pyridine rings is 2. The molecule has 0 aliphatic rings. The lowest BCUT2D eigenvalue weighted by molar-refractivity contribution is -0.389. The molecular weight excluding hydrogens is 304 g/mol. The van der Waals surface area contributed by atoms with Gasteiger partial charge in [-0.1, -0.05) is 42.5 Å². The summed E-state index contributed by atoms with van der Waals surface area (Å²) < 4.78 is 0. The van der Waals surface area contributed by atoms with E-state index >= 15 is 0 Å². The first-order chi connectivity index (χ1) is 11.2. The van der Waals surface area contributed by atoms with Gasteiger partial charge in [0, 0.05) is 23.0 Å². The molecule has 0 fully saturated rings. The highest BCUT2D eigenvalue weighted by Crippen LogP contribution is 2.15. The number of hydrogen-bond donors (Lipinski definition) is 1. The summed E-state index contributed by atoms with van der Waals surface area (Å²) >= 11 is 0. The van der Waals surface area contributed by atoms with Crippen LogP contribution in [0.1, 0.15) is 0 Å². The summed E-state index contributed by atoms with van der Waals surface area (Å²) in [7, 11) is 0. The second-order valence-corrected chi connectivity index (χ2v) is 4.82. The van der Waals surface area contributed by atoms with Crippen LogP contribution in [0.2, 0.25) is 0 Å². The monoisotopic (exact) mass is 320 g/mol. The Kier molecular flexibility index (Phi) is 5.49. The first kappa shape index (κ1) is 17.0. The van der Waals surface area contributed by atoms with Gasteiger partial charge in [-0.05, 0) is 34.2 Å². The Labute approximate surface area is 138 Å². The second kappa shape index (κ2) is 7.75. The summed E-state index contributed by atoms with van der Waals surface area (Å²) in [6.07, 6.45) is 1.81. The average molecular weight is 320 g/mol. The fourth-order valence-corrected chi connectivity index (χ4v) is 2.17. The van der Waals surface area contributed by atoms with Crippen molar-refractivity contribution in [3.8, 4) is 0 Å². The van der Waals surface area contributed by atoms with Crippen molar-refractivity contribution in [3.63, 3.8) is 0 Å². The van der Waals surface area contributed by atoms with Crippen LogP contribution in [-0.4, -0.2) is 14.9 Å². The Balaban J connectivity index is 0.000000172. The molecule has 0 amide bonds. The van der Waals surface area contributed by atoms with Crippen LogP contribution in [0.25, 0.3) is 21.8 Å². The molecule has 0 radical (unpaired) electrons. The number of para-hydroxylation sites is 2. The Hall–Kier alpha value is -3.38. The summed E-state index contributed by atoms with van der Waals surface area (Å²) in [5, 5.41) is 12.5. The zero-order valence-corrected chi connectivity index (χ0v) is 12.9. The Morgan fingerprint density at radius 2 is 1.33 bits per heavy atom. The van der Waals surface area contributed by atoms with Crippen LogP contribution < -0.4 is 6.15 Å². The zero-order valence-electron chi connectivity index (χ0n) is 12.9. The maximum atomic E-state index is 10.4. The maximum absolute atomic E-state index is 10.4. The van der Waals surface area contributed by atoms with Crippen LogP contribution in [0.15, 0.2) is 79.0 Å². The molecule has 0 saturated heterocycles. The van der Waals surface area contributed by atoms with E-state index in [1.807, 2.05) is 42.6 Å². The van der Waals surface area contributed by atoms with Gasteiger partial charge in [0.2, 0.25) is 0 Å². The van der Waals surface area contributed by atoms with E-state index in [1.165, 1.54) is 11.5 Å². The quantitative estimate of drug-likeness (QED) is 0.409. The molecule has 3 N–H and O–H groups in total. The summed E-state index contributed by atoms with van der Waals surface area (Å²) in [5.41, 5.74) is 1.71. The standard InChI is InChI=1S/C9H6N2O2.C9H7N.H3N/c12-11(13)9-6-5-7-3-1-2-4-8(7)10-9;1-2-6-9-8(4-1)5-3-7-10-9;/h1-6H;1-7H;1H3. The molecular formula is C18H16N4O2. The SMILES string of the molecule is N.O=[N+]([O-])c1ccc2ccccc2n1.c1ccc2ncccc2c1. The number of aromatic nitrogens is 2. The first-order valence-corrected chi connectivity index (χ1v) is 7.04. The van der Waals surface area contributed by atoms with Crippen molar-refractivity contribution in [2.45, 2.75) is 0 Å². The molecule has 0 spiro atoms. The van der Waals surface area contributed by atoms with Crippen LogP contribution in [0.3, 0.4) is 0 Å². The molecule has 2 heterocycles. The summed E-state index contributed by atoms with van der Waals surface area (Å²) in [6, 6.07) is 22.5. The van der Waals surface area contributed by atoms with Crippen molar-refractivity contribution in [3.05, 3.63) is 89.1 Å². The van der Waals surface area contributed by atoms with E-state index < -0.39 is 4.92 Å². The molecule has 4 aromatic rings. The lowest BCUT2D eigenvalue weighted by Gasteiger charge is -1.93. The van der Waals surface area contributed by atoms with E-state index in [1.54, 1.807) is 18.2 Å². The molecule has 0 aliphatic heterocycles. The fraction of sp³-hybridized carbons (Fsp3) is 0. The average Bonchev–Trinajstić information content (AvgIpc) is 2.62. The van der Waals surface area contributed by atoms with Crippen LogP contribution in [0.4, 0.5) is 5.82 Å². The van der Waals surface area contributed by atoms with E-state index in [2.05, 4.69) is 22.1 Å². The van der Waals surface area contributed by atoms with E-state index in [4.69, 9.17) is 0 Å². The third kappa shape index (κ3) is 3.88. The van der Waals surface area contributed by atoms with Gasteiger partial charge in [-0.15, -0.1) is 0 Å². The molecule has 0 saturated carbocycles. The highest BCUT2D eigenvalue weighted by atomic mass is 16.6. The summed E-state index contributed by atoms with van der Waals surface area (Å²) in [4.78, 5) is 18.0. The van der Waals surface area contributed by atoms with Crippen molar-refractivity contribution in [2.75, 3.05) is 0 Å². The van der Waals surface area contributed by atoms with Gasteiger partial charge in [0.1, 0.15) is 0 Å². The number of rotatable bonds is 1. The Morgan fingerprint density at radius 3 is 2.00 bits per heavy atom. The van der Waals surface area contributed by atoms with Crippen molar-refractivity contribution in [1.82, 2.24) is 16.1 Å². The number of benzene rings is 2. The Morgan fingerprint density at radius 1 is 0.750 bits per heavy atom. The normalized spacial score (nSPS) is 9.67. The number of nitrogens with zero attached hydrogens (tertiary/aromatic N) is 3. The van der Waals surface area contributed by atoms with Crippen LogP contribution in [0.5, 0.6) is 0 Å². The van der Waals surface area contributed by atoms with Crippen molar-refractivity contribution in [1.29, 1.82) is 0 Å². The predicted molar refractivity (Wildman–Crippen MR) is 95.2 cm³/mol. The molecule has 6 heteroatoms. The van der Waals surface area contributed by atoms with Gasteiger partial charge in [0.25, 0.3) is 0 Å². The molecule has 4 rings (SSSR count). The van der Waals surface area contributed by atoms with Gasteiger partial charge < -0.3 is 16.3 Å². The van der Waals surface area contributed by atoms with Crippen LogP contribution in [-0.2, 0) is 0 Å². The molecule has 0 unspecified atom stereocenters. The lowest BCUT2D eigenvalue weighted by atomic mass is 10.2. The van der Waals surface area contributed by atoms with E-state index in [0.717, 1.165) is 10.9 Å². The number of nitro groups is 1. The van der Waals surface area contributed by atoms with Crippen LogP contribution in [0, 0.1) is 10.1 Å². The summed E-state index contributed by atoms with van der Waals surface area (Å²) in [5.74, 6) is -0.112. The molecule has 6 nitrogen and oxygen atoms in total. The van der Waals surface area contributed by atoms with Gasteiger partial charge in [-0.2, -0.15) is 0 Å². The topological polar surface area (TPSA) is 104 Å². The molecule has 0 bridgehead atoms. The minimum Gasteiger partial charge on any atom is -0.358 e. The molecule has 2 aromatic heterocycles. The van der Waals surface area contributed by atoms with Crippen molar-refractivity contribution in [2.24, 2.45) is 0 Å². The molecule has 0 aliphatic carbocycles. The van der Waals surface area contributed by atoms with Crippen molar-refractivity contribution >= 4 is 27.6 Å². The first-order valence-electron chi connectivity index (χ1n) is 7.04. The largest absolute Gasteiger partial charge is 0.364 e. The maximum Gasteiger partial charge on any atom is 0.364 e. The predicted octanol–water partition coefficient (Wildman–Crippen LogP) is 4.54. The summed E-state index contributed by atoms with van der Waals surface area (Å²) in [6.45, 7) is 0. The van der Waals surface area contributed by atoms with E-state index in [-0.39, 0.29) is 12.0 Å². The fourth-order valence-electron chi connectivity index (χ4n) is 2.17. The highest BCUT2D eigenvalue weighted by molar-refractivity contribution is 5.79. The minimum absolute atomic E-state index is 0. The molecule has 120 valence electrons. The lowest BCUT2D eigenvalue weighted by Crippen LogP contribution is -1.91. The highest BCUT2D eigenvalue weighted by Gasteiger charge is 2.07. The molecule has 0 atom stereocenters.